The quantitative estimate of drug-likeness (QED) is 0.670. The summed E-state index contributed by atoms with van der Waals surface area (Å²) in [6.45, 7) is 1.71. The molecule has 0 heterocycles. The Bertz CT molecular complexity index is 443. The summed E-state index contributed by atoms with van der Waals surface area (Å²) < 4.78 is 0. The number of aliphatic carboxylic acids is 1. The van der Waals surface area contributed by atoms with Gasteiger partial charge in [-0.3, -0.25) is 9.59 Å². The smallest absolute Gasteiger partial charge is 0.307 e. The van der Waals surface area contributed by atoms with Gasteiger partial charge < -0.3 is 5.11 Å². The van der Waals surface area contributed by atoms with Crippen LogP contribution < -0.4 is 0 Å². The Morgan fingerprint density at radius 2 is 2.12 bits per heavy atom. The summed E-state index contributed by atoms with van der Waals surface area (Å²) in [5.41, 5.74) is 1.75. The van der Waals surface area contributed by atoms with Gasteiger partial charge in [-0.05, 0) is 18.1 Å². The number of hydrogen-bond acceptors (Lipinski definition) is 2. The fourth-order valence-electron chi connectivity index (χ4n) is 1.49. The van der Waals surface area contributed by atoms with Crippen molar-refractivity contribution >= 4 is 39.3 Å². The summed E-state index contributed by atoms with van der Waals surface area (Å²) in [4.78, 5) is 22.3. The maximum atomic E-state index is 11.9. The van der Waals surface area contributed by atoms with Crippen LogP contribution in [0.1, 0.15) is 28.4 Å². The molecule has 5 heteroatoms. The molecule has 0 amide bonds. The molecule has 0 radical (unpaired) electrons. The minimum Gasteiger partial charge on any atom is -0.481 e. The Hall–Kier alpha value is -0.870. The third-order valence-corrected chi connectivity index (χ3v) is 3.02. The monoisotopic (exact) mass is 318 g/mol. The van der Waals surface area contributed by atoms with Crippen molar-refractivity contribution in [1.29, 1.82) is 0 Å². The first-order chi connectivity index (χ1) is 7.95. The van der Waals surface area contributed by atoms with Crippen molar-refractivity contribution in [2.45, 2.75) is 24.1 Å². The number of benzene rings is 1. The van der Waals surface area contributed by atoms with Crippen LogP contribution in [-0.2, 0) is 17.1 Å². The fraction of sp³-hybridized carbons (Fsp3) is 0.333. The molecular formula is C12H12BrClO3. The van der Waals surface area contributed by atoms with Gasteiger partial charge in [-0.25, -0.2) is 0 Å². The zero-order valence-corrected chi connectivity index (χ0v) is 11.6. The van der Waals surface area contributed by atoms with E-state index in [1.165, 1.54) is 0 Å². The molecule has 1 aromatic rings. The van der Waals surface area contributed by atoms with Gasteiger partial charge in [0.2, 0.25) is 0 Å². The second-order valence-corrected chi connectivity index (χ2v) is 5.32. The van der Waals surface area contributed by atoms with Gasteiger partial charge >= 0.3 is 5.97 Å². The van der Waals surface area contributed by atoms with Crippen LogP contribution in [0.3, 0.4) is 0 Å². The second-order valence-electron chi connectivity index (χ2n) is 3.68. The zero-order chi connectivity index (χ0) is 13.0. The third-order valence-electron chi connectivity index (χ3n) is 2.29. The number of carboxylic acid groups (broad SMARTS) is 1. The molecule has 92 valence electrons. The lowest BCUT2D eigenvalue weighted by Crippen LogP contribution is -2.15. The largest absolute Gasteiger partial charge is 0.481 e. The van der Waals surface area contributed by atoms with Crippen molar-refractivity contribution < 1.29 is 14.7 Å². The van der Waals surface area contributed by atoms with E-state index in [0.717, 1.165) is 5.56 Å². The Morgan fingerprint density at radius 3 is 2.59 bits per heavy atom. The highest BCUT2D eigenvalue weighted by Gasteiger charge is 2.17. The summed E-state index contributed by atoms with van der Waals surface area (Å²) in [6, 6.07) is 5.04. The van der Waals surface area contributed by atoms with E-state index in [1.54, 1.807) is 25.1 Å². The van der Waals surface area contributed by atoms with Crippen LogP contribution in [0.25, 0.3) is 0 Å². The number of Topliss-reactive ketones (excluding diaryl/α,β-unsaturated/α-hetero) is 1. The predicted molar refractivity (Wildman–Crippen MR) is 70.1 cm³/mol. The molecule has 1 N–H and O–H groups in total. The lowest BCUT2D eigenvalue weighted by molar-refractivity contribution is -0.136. The zero-order valence-electron chi connectivity index (χ0n) is 9.24. The number of rotatable bonds is 5. The number of halogens is 2. The molecule has 17 heavy (non-hydrogen) atoms. The number of alkyl halides is 2. The van der Waals surface area contributed by atoms with Crippen LogP contribution in [0.5, 0.6) is 0 Å². The van der Waals surface area contributed by atoms with Crippen molar-refractivity contribution in [3.63, 3.8) is 0 Å². The first-order valence-corrected chi connectivity index (χ1v) is 6.48. The van der Waals surface area contributed by atoms with E-state index >= 15 is 0 Å². The van der Waals surface area contributed by atoms with Crippen molar-refractivity contribution in [1.82, 2.24) is 0 Å². The van der Waals surface area contributed by atoms with Crippen LogP contribution in [0.15, 0.2) is 18.2 Å². The van der Waals surface area contributed by atoms with Gasteiger partial charge in [0.1, 0.15) is 0 Å². The van der Waals surface area contributed by atoms with E-state index in [9.17, 15) is 9.59 Å². The van der Waals surface area contributed by atoms with E-state index in [-0.39, 0.29) is 17.0 Å². The third kappa shape index (κ3) is 3.82. The van der Waals surface area contributed by atoms with Crippen LogP contribution in [0, 0.1) is 0 Å². The van der Waals surface area contributed by atoms with Crippen molar-refractivity contribution in [3.05, 3.63) is 34.9 Å². The Labute approximate surface area is 113 Å². The number of carboxylic acids is 1. The average molecular weight is 320 g/mol. The van der Waals surface area contributed by atoms with Gasteiger partial charge in [-0.1, -0.05) is 34.1 Å². The van der Waals surface area contributed by atoms with Crippen molar-refractivity contribution in [2.24, 2.45) is 0 Å². The van der Waals surface area contributed by atoms with Crippen molar-refractivity contribution in [2.75, 3.05) is 0 Å². The molecule has 1 unspecified atom stereocenters. The molecule has 0 saturated heterocycles. The first-order valence-electron chi connectivity index (χ1n) is 5.03. The number of carbonyl (C=O) groups excluding carboxylic acids is 1. The molecule has 1 rings (SSSR count). The van der Waals surface area contributed by atoms with E-state index in [1.807, 2.05) is 0 Å². The summed E-state index contributed by atoms with van der Waals surface area (Å²) >= 11 is 8.88. The van der Waals surface area contributed by atoms with E-state index in [2.05, 4.69) is 15.9 Å². The normalized spacial score (nSPS) is 12.2. The maximum absolute atomic E-state index is 11.9. The van der Waals surface area contributed by atoms with E-state index < -0.39 is 5.97 Å². The van der Waals surface area contributed by atoms with Gasteiger partial charge in [0, 0.05) is 11.4 Å². The summed E-state index contributed by atoms with van der Waals surface area (Å²) in [7, 11) is 0. The van der Waals surface area contributed by atoms with Crippen LogP contribution in [0.2, 0.25) is 0 Å². The first kappa shape index (κ1) is 14.2. The second kappa shape index (κ2) is 6.17. The van der Waals surface area contributed by atoms with E-state index in [4.69, 9.17) is 16.7 Å². The Morgan fingerprint density at radius 1 is 1.47 bits per heavy atom. The lowest BCUT2D eigenvalue weighted by atomic mass is 9.97. The van der Waals surface area contributed by atoms with Crippen LogP contribution in [-0.4, -0.2) is 21.7 Å². The topological polar surface area (TPSA) is 54.4 Å². The van der Waals surface area contributed by atoms with Gasteiger partial charge in [-0.15, -0.1) is 11.6 Å². The van der Waals surface area contributed by atoms with Crippen LogP contribution >= 0.6 is 27.5 Å². The molecule has 1 aromatic carbocycles. The van der Waals surface area contributed by atoms with E-state index in [0.29, 0.717) is 17.0 Å². The molecule has 0 aliphatic heterocycles. The summed E-state index contributed by atoms with van der Waals surface area (Å²) in [6.07, 6.45) is -0.175. The fourth-order valence-corrected chi connectivity index (χ4v) is 1.91. The SMILES string of the molecule is CC(Br)C(=O)c1ccc(CCl)cc1CC(=O)O. The Kier molecular flexibility index (Phi) is 5.15. The Balaban J connectivity index is 3.19. The number of hydrogen-bond donors (Lipinski definition) is 1. The molecule has 0 aliphatic rings. The highest BCUT2D eigenvalue weighted by molar-refractivity contribution is 9.10. The van der Waals surface area contributed by atoms with Gasteiger partial charge in [-0.2, -0.15) is 0 Å². The maximum Gasteiger partial charge on any atom is 0.307 e. The molecule has 0 bridgehead atoms. The van der Waals surface area contributed by atoms with Gasteiger partial charge in [0.05, 0.1) is 11.2 Å². The molecule has 0 aliphatic carbocycles. The standard InChI is InChI=1S/C12H12BrClO3/c1-7(13)12(17)10-3-2-8(6-14)4-9(10)5-11(15)16/h2-4,7H,5-6H2,1H3,(H,15,16). The number of ketones is 1. The average Bonchev–Trinajstić information content (AvgIpc) is 2.27. The predicted octanol–water partition coefficient (Wildman–Crippen LogP) is 3.02. The molecule has 0 fully saturated rings. The molecule has 3 nitrogen and oxygen atoms in total. The van der Waals surface area contributed by atoms with Crippen molar-refractivity contribution in [3.8, 4) is 0 Å². The van der Waals surface area contributed by atoms with Crippen LogP contribution in [0.4, 0.5) is 0 Å². The van der Waals surface area contributed by atoms with Gasteiger partial charge in [0.25, 0.3) is 0 Å². The summed E-state index contributed by atoms with van der Waals surface area (Å²) in [5.74, 6) is -0.791. The molecular weight excluding hydrogens is 307 g/mol. The summed E-state index contributed by atoms with van der Waals surface area (Å²) in [5, 5.41) is 8.82. The lowest BCUT2D eigenvalue weighted by Gasteiger charge is -2.10. The molecule has 0 spiro atoms. The minimum absolute atomic E-state index is 0.123. The molecule has 1 atom stereocenters. The highest BCUT2D eigenvalue weighted by atomic mass is 79.9. The molecule has 0 saturated carbocycles. The molecule has 0 aromatic heterocycles. The van der Waals surface area contributed by atoms with Gasteiger partial charge in [0.15, 0.2) is 5.78 Å². The highest BCUT2D eigenvalue weighted by Crippen LogP contribution is 2.18. The number of carbonyl (C=O) groups is 2. The minimum atomic E-state index is -0.965.